The Morgan fingerprint density at radius 3 is 2.47 bits per heavy atom. The van der Waals surface area contributed by atoms with Gasteiger partial charge in [0.25, 0.3) is 5.91 Å². The van der Waals surface area contributed by atoms with Gasteiger partial charge >= 0.3 is 0 Å². The number of hydrogen-bond acceptors (Lipinski definition) is 6. The summed E-state index contributed by atoms with van der Waals surface area (Å²) in [7, 11) is 0. The third-order valence-electron chi connectivity index (χ3n) is 6.83. The number of hydrogen-bond donors (Lipinski definition) is 0. The predicted octanol–water partition coefficient (Wildman–Crippen LogP) is 3.82. The molecule has 2 aliphatic rings. The number of ether oxygens (including phenoxy) is 2. The standard InChI is InChI=1S/C28H29N3O5/c1-18(2)19-4-6-20(7-5-19)25-24(26(32)21-8-9-22-23(16-21)36-15-14-35-22)27(33)28(34)31(25)12-3-11-30-13-10-29-17-30/h4-10,13,16-18,24-25H,3,11-12,14-15H2,1-2H3. The Hall–Kier alpha value is -3.94. The number of amides is 1. The first-order valence-electron chi connectivity index (χ1n) is 12.3. The van der Waals surface area contributed by atoms with E-state index in [9.17, 15) is 14.4 Å². The quantitative estimate of drug-likeness (QED) is 0.273. The van der Waals surface area contributed by atoms with Crippen LogP contribution in [0.15, 0.2) is 61.2 Å². The summed E-state index contributed by atoms with van der Waals surface area (Å²) in [6, 6.07) is 12.1. The Morgan fingerprint density at radius 1 is 1.03 bits per heavy atom. The van der Waals surface area contributed by atoms with E-state index in [1.165, 1.54) is 0 Å². The van der Waals surface area contributed by atoms with E-state index in [1.807, 2.05) is 35.0 Å². The first kappa shape index (κ1) is 23.8. The number of carbonyl (C=O) groups is 3. The van der Waals surface area contributed by atoms with Gasteiger partial charge in [-0.05, 0) is 41.7 Å². The first-order chi connectivity index (χ1) is 17.4. The van der Waals surface area contributed by atoms with Crippen LogP contribution in [-0.2, 0) is 16.1 Å². The van der Waals surface area contributed by atoms with Crippen LogP contribution in [0.2, 0.25) is 0 Å². The molecule has 186 valence electrons. The molecule has 0 N–H and O–H groups in total. The van der Waals surface area contributed by atoms with Crippen molar-refractivity contribution in [3.63, 3.8) is 0 Å². The summed E-state index contributed by atoms with van der Waals surface area (Å²) in [6.45, 7) is 6.05. The van der Waals surface area contributed by atoms with Gasteiger partial charge in [0.15, 0.2) is 17.3 Å². The summed E-state index contributed by atoms with van der Waals surface area (Å²) >= 11 is 0. The molecule has 1 amide bonds. The molecule has 0 saturated carbocycles. The predicted molar refractivity (Wildman–Crippen MR) is 132 cm³/mol. The minimum absolute atomic E-state index is 0.328. The molecule has 2 atom stereocenters. The SMILES string of the molecule is CC(C)c1ccc(C2C(C(=O)c3ccc4c(c3)OCCO4)C(=O)C(=O)N2CCCn2ccnc2)cc1. The Bertz CT molecular complexity index is 1270. The topological polar surface area (TPSA) is 90.7 Å². The molecule has 3 heterocycles. The van der Waals surface area contributed by atoms with Crippen LogP contribution >= 0.6 is 0 Å². The fourth-order valence-corrected chi connectivity index (χ4v) is 4.90. The van der Waals surface area contributed by atoms with Gasteiger partial charge in [-0.15, -0.1) is 0 Å². The average Bonchev–Trinajstić information content (AvgIpc) is 3.50. The molecule has 36 heavy (non-hydrogen) atoms. The molecule has 2 unspecified atom stereocenters. The zero-order valence-corrected chi connectivity index (χ0v) is 20.4. The van der Waals surface area contributed by atoms with Crippen LogP contribution in [-0.4, -0.2) is 51.7 Å². The van der Waals surface area contributed by atoms with Crippen molar-refractivity contribution < 1.29 is 23.9 Å². The van der Waals surface area contributed by atoms with Gasteiger partial charge in [0.1, 0.15) is 19.1 Å². The van der Waals surface area contributed by atoms with Gasteiger partial charge in [0, 0.05) is 31.0 Å². The summed E-state index contributed by atoms with van der Waals surface area (Å²) in [5, 5.41) is 0. The second-order valence-electron chi connectivity index (χ2n) is 9.48. The minimum atomic E-state index is -1.13. The maximum Gasteiger partial charge on any atom is 0.291 e. The van der Waals surface area contributed by atoms with Crippen LogP contribution in [0.1, 0.15) is 53.7 Å². The lowest BCUT2D eigenvalue weighted by atomic mass is 9.85. The number of carbonyl (C=O) groups excluding carboxylic acids is 3. The van der Waals surface area contributed by atoms with E-state index < -0.39 is 23.7 Å². The summed E-state index contributed by atoms with van der Waals surface area (Å²) in [5.74, 6) is -1.43. The van der Waals surface area contributed by atoms with Crippen molar-refractivity contribution in [3.05, 3.63) is 77.9 Å². The van der Waals surface area contributed by atoms with Crippen LogP contribution in [0, 0.1) is 5.92 Å². The molecular weight excluding hydrogens is 458 g/mol. The lowest BCUT2D eigenvalue weighted by molar-refractivity contribution is -0.140. The van der Waals surface area contributed by atoms with E-state index in [4.69, 9.17) is 9.47 Å². The van der Waals surface area contributed by atoms with E-state index in [0.717, 1.165) is 11.1 Å². The lowest BCUT2D eigenvalue weighted by Gasteiger charge is -2.28. The third-order valence-corrected chi connectivity index (χ3v) is 6.83. The fraction of sp³-hybridized carbons (Fsp3) is 0.357. The van der Waals surface area contributed by atoms with Gasteiger partial charge in [0.05, 0.1) is 12.4 Å². The van der Waals surface area contributed by atoms with Gasteiger partial charge in [0.2, 0.25) is 5.78 Å². The Balaban J connectivity index is 1.47. The van der Waals surface area contributed by atoms with Crippen LogP contribution in [0.3, 0.4) is 0 Å². The van der Waals surface area contributed by atoms with E-state index >= 15 is 0 Å². The number of nitrogens with zero attached hydrogens (tertiary/aromatic N) is 3. The third kappa shape index (κ3) is 4.51. The molecule has 0 aliphatic carbocycles. The number of imidazole rings is 1. The highest BCUT2D eigenvalue weighted by molar-refractivity contribution is 6.44. The fourth-order valence-electron chi connectivity index (χ4n) is 4.90. The molecular formula is C28H29N3O5. The Labute approximate surface area is 209 Å². The molecule has 0 radical (unpaired) electrons. The number of aromatic nitrogens is 2. The van der Waals surface area contributed by atoms with Crippen molar-refractivity contribution in [2.45, 2.75) is 38.8 Å². The summed E-state index contributed by atoms with van der Waals surface area (Å²) in [6.07, 6.45) is 5.90. The van der Waals surface area contributed by atoms with Crippen LogP contribution < -0.4 is 9.47 Å². The zero-order valence-electron chi connectivity index (χ0n) is 20.4. The Morgan fingerprint density at radius 2 is 1.78 bits per heavy atom. The summed E-state index contributed by atoms with van der Waals surface area (Å²) < 4.78 is 13.1. The minimum Gasteiger partial charge on any atom is -0.486 e. The number of aryl methyl sites for hydroxylation is 1. The Kier molecular flexibility index (Phi) is 6.59. The highest BCUT2D eigenvalue weighted by atomic mass is 16.6. The van der Waals surface area contributed by atoms with Gasteiger partial charge in [-0.1, -0.05) is 38.1 Å². The number of ketones is 2. The molecule has 8 heteroatoms. The molecule has 3 aromatic rings. The molecule has 5 rings (SSSR count). The molecule has 0 bridgehead atoms. The molecule has 8 nitrogen and oxygen atoms in total. The summed E-state index contributed by atoms with van der Waals surface area (Å²) in [5.41, 5.74) is 2.25. The second-order valence-corrected chi connectivity index (χ2v) is 9.48. The van der Waals surface area contributed by atoms with Crippen LogP contribution in [0.4, 0.5) is 0 Å². The van der Waals surface area contributed by atoms with Crippen molar-refractivity contribution in [2.24, 2.45) is 5.92 Å². The largest absolute Gasteiger partial charge is 0.486 e. The van der Waals surface area contributed by atoms with Gasteiger partial charge < -0.3 is 18.9 Å². The number of rotatable bonds is 8. The van der Waals surface area contributed by atoms with Gasteiger partial charge in [-0.2, -0.15) is 0 Å². The number of benzene rings is 2. The summed E-state index contributed by atoms with van der Waals surface area (Å²) in [4.78, 5) is 45.8. The van der Waals surface area contributed by atoms with Gasteiger partial charge in [-0.25, -0.2) is 4.98 Å². The molecule has 0 spiro atoms. The highest BCUT2D eigenvalue weighted by Gasteiger charge is 2.51. The number of Topliss-reactive ketones (excluding diaryl/α,β-unsaturated/α-hetero) is 2. The molecule has 2 aromatic carbocycles. The van der Waals surface area contributed by atoms with E-state index in [2.05, 4.69) is 18.8 Å². The van der Waals surface area contributed by atoms with Crippen molar-refractivity contribution in [2.75, 3.05) is 19.8 Å². The smallest absolute Gasteiger partial charge is 0.291 e. The highest BCUT2D eigenvalue weighted by Crippen LogP contribution is 2.40. The monoisotopic (exact) mass is 487 g/mol. The zero-order chi connectivity index (χ0) is 25.2. The van der Waals surface area contributed by atoms with E-state index in [0.29, 0.717) is 55.7 Å². The lowest BCUT2D eigenvalue weighted by Crippen LogP contribution is -2.32. The normalized spacial score (nSPS) is 19.2. The first-order valence-corrected chi connectivity index (χ1v) is 12.3. The number of fused-ring (bicyclic) bond motifs is 1. The molecule has 1 aromatic heterocycles. The van der Waals surface area contributed by atoms with Crippen molar-refractivity contribution in [1.82, 2.24) is 14.5 Å². The number of likely N-dealkylation sites (tertiary alicyclic amines) is 1. The molecule has 1 fully saturated rings. The maximum atomic E-state index is 13.7. The van der Waals surface area contributed by atoms with E-state index in [-0.39, 0.29) is 5.78 Å². The van der Waals surface area contributed by atoms with Crippen molar-refractivity contribution in [1.29, 1.82) is 0 Å². The maximum absolute atomic E-state index is 13.7. The van der Waals surface area contributed by atoms with Crippen LogP contribution in [0.5, 0.6) is 11.5 Å². The van der Waals surface area contributed by atoms with Crippen molar-refractivity contribution in [3.8, 4) is 11.5 Å². The molecule has 2 aliphatic heterocycles. The van der Waals surface area contributed by atoms with Crippen molar-refractivity contribution >= 4 is 17.5 Å². The molecule has 1 saturated heterocycles. The van der Waals surface area contributed by atoms with Crippen LogP contribution in [0.25, 0.3) is 0 Å². The average molecular weight is 488 g/mol. The van der Waals surface area contributed by atoms with Gasteiger partial charge in [-0.3, -0.25) is 14.4 Å². The van der Waals surface area contributed by atoms with E-state index in [1.54, 1.807) is 35.6 Å². The second kappa shape index (κ2) is 9.97.